The second-order valence-corrected chi connectivity index (χ2v) is 12.0. The molecule has 2 aromatic rings. The van der Waals surface area contributed by atoms with Crippen LogP contribution in [-0.2, 0) is 30.6 Å². The Morgan fingerprint density at radius 2 is 1.76 bits per heavy atom. The van der Waals surface area contributed by atoms with Crippen molar-refractivity contribution in [1.82, 2.24) is 15.1 Å². The summed E-state index contributed by atoms with van der Waals surface area (Å²) < 4.78 is 55.7. The molecule has 4 rings (SSSR count). The van der Waals surface area contributed by atoms with Crippen LogP contribution in [0.3, 0.4) is 0 Å². The van der Waals surface area contributed by atoms with Gasteiger partial charge in [0.2, 0.25) is 32.6 Å². The number of alkyl halides is 2. The number of hydrogen-bond donors (Lipinski definition) is 2. The lowest BCUT2D eigenvalue weighted by Crippen LogP contribution is -2.82. The maximum Gasteiger partial charge on any atom is 0.255 e. The summed E-state index contributed by atoms with van der Waals surface area (Å²) in [5.74, 6) is -3.21. The molecule has 38 heavy (non-hydrogen) atoms. The van der Waals surface area contributed by atoms with Crippen LogP contribution >= 0.6 is 34.8 Å². The van der Waals surface area contributed by atoms with E-state index in [1.54, 1.807) is 0 Å². The maximum atomic E-state index is 14.3. The number of benzene rings is 2. The molecule has 3 amide bonds. The van der Waals surface area contributed by atoms with Crippen LogP contribution in [0.1, 0.15) is 5.56 Å². The third-order valence-electron chi connectivity index (χ3n) is 6.17. The van der Waals surface area contributed by atoms with Gasteiger partial charge in [0.15, 0.2) is 0 Å². The van der Waals surface area contributed by atoms with Gasteiger partial charge in [-0.2, -0.15) is 0 Å². The number of carbonyl (C=O) groups is 3. The van der Waals surface area contributed by atoms with Crippen molar-refractivity contribution >= 4 is 62.4 Å². The second-order valence-electron chi connectivity index (χ2n) is 8.62. The number of amides is 3. The minimum absolute atomic E-state index is 0.103. The number of rotatable bonds is 7. The first kappa shape index (κ1) is 28.5. The number of hydrogen-bond acceptors (Lipinski definition) is 6. The van der Waals surface area contributed by atoms with Gasteiger partial charge in [0.05, 0.1) is 23.0 Å². The third kappa shape index (κ3) is 5.07. The fourth-order valence-electron chi connectivity index (χ4n) is 4.51. The summed E-state index contributed by atoms with van der Waals surface area (Å²) in [6.45, 7) is -2.09. The molecule has 0 saturated carbocycles. The minimum Gasteiger partial charge on any atom is -0.368 e. The summed E-state index contributed by atoms with van der Waals surface area (Å²) in [7, 11) is -4.86. The van der Waals surface area contributed by atoms with E-state index in [2.05, 4.69) is 11.7 Å². The van der Waals surface area contributed by atoms with Crippen LogP contribution in [0.4, 0.5) is 8.78 Å². The Bertz CT molecular complexity index is 1400. The van der Waals surface area contributed by atoms with Gasteiger partial charge in [-0.15, -0.1) is 0 Å². The molecule has 0 aliphatic carbocycles. The van der Waals surface area contributed by atoms with Crippen molar-refractivity contribution in [1.29, 1.82) is 0 Å². The highest BCUT2D eigenvalue weighted by molar-refractivity contribution is 7.93. The Morgan fingerprint density at radius 3 is 2.34 bits per heavy atom. The van der Waals surface area contributed by atoms with E-state index in [0.29, 0.717) is 20.4 Å². The van der Waals surface area contributed by atoms with E-state index in [4.69, 9.17) is 40.5 Å². The van der Waals surface area contributed by atoms with Crippen LogP contribution in [0.2, 0.25) is 15.1 Å². The Hall–Kier alpha value is -2.51. The van der Waals surface area contributed by atoms with Crippen LogP contribution in [0.15, 0.2) is 47.4 Å². The molecule has 3 unspecified atom stereocenters. The van der Waals surface area contributed by atoms with E-state index in [1.165, 1.54) is 30.3 Å². The van der Waals surface area contributed by atoms with Crippen LogP contribution in [-0.4, -0.2) is 72.5 Å². The topological polar surface area (TPSA) is 130 Å². The minimum atomic E-state index is -4.86. The van der Waals surface area contributed by atoms with Gasteiger partial charge in [-0.05, 0) is 35.9 Å². The highest BCUT2D eigenvalue weighted by Crippen LogP contribution is 2.41. The first-order valence-electron chi connectivity index (χ1n) is 10.9. The van der Waals surface area contributed by atoms with Gasteiger partial charge in [-0.3, -0.25) is 24.6 Å². The summed E-state index contributed by atoms with van der Waals surface area (Å²) in [4.78, 5) is 37.1. The lowest BCUT2D eigenvalue weighted by molar-refractivity contribution is -0.164. The summed E-state index contributed by atoms with van der Waals surface area (Å²) in [6.07, 6.45) is -1.07. The normalized spacial score (nSPS) is 24.1. The molecule has 2 fully saturated rings. The Balaban J connectivity index is 1.95. The molecule has 0 bridgehead atoms. The average Bonchev–Trinajstić information content (AvgIpc) is 2.82. The molecule has 0 spiro atoms. The van der Waals surface area contributed by atoms with Gasteiger partial charge in [0, 0.05) is 16.5 Å². The Labute approximate surface area is 231 Å². The summed E-state index contributed by atoms with van der Waals surface area (Å²) in [5.41, 5.74) is 5.82. The Kier molecular flexibility index (Phi) is 7.93. The number of primary amides is 1. The van der Waals surface area contributed by atoms with Crippen molar-refractivity contribution in [2.75, 3.05) is 13.1 Å². The van der Waals surface area contributed by atoms with Crippen molar-refractivity contribution in [3.05, 3.63) is 69.5 Å². The summed E-state index contributed by atoms with van der Waals surface area (Å²) in [6, 6.07) is 6.22. The van der Waals surface area contributed by atoms with Gasteiger partial charge < -0.3 is 10.6 Å². The van der Waals surface area contributed by atoms with E-state index < -0.39 is 69.0 Å². The van der Waals surface area contributed by atoms with Crippen molar-refractivity contribution in [3.8, 4) is 0 Å². The number of piperazine rings is 1. The average molecular weight is 608 g/mol. The molecule has 2 radical (unpaired) electrons. The van der Waals surface area contributed by atoms with E-state index in [0.717, 1.165) is 12.1 Å². The lowest BCUT2D eigenvalue weighted by atomic mass is 9.96. The first-order valence-corrected chi connectivity index (χ1v) is 13.6. The lowest BCUT2D eigenvalue weighted by Gasteiger charge is -2.56. The van der Waals surface area contributed by atoms with Crippen LogP contribution in [0, 0.1) is 6.42 Å². The van der Waals surface area contributed by atoms with Gasteiger partial charge in [0.1, 0.15) is 18.5 Å². The molecule has 15 heteroatoms. The number of nitrogens with zero attached hydrogens (tertiary/aromatic N) is 2. The molecule has 2 heterocycles. The van der Waals surface area contributed by atoms with Crippen molar-refractivity contribution < 1.29 is 31.6 Å². The van der Waals surface area contributed by atoms with E-state index in [-0.39, 0.29) is 16.5 Å². The molecule has 3 N–H and O–H groups in total. The highest BCUT2D eigenvalue weighted by Gasteiger charge is 2.64. The molecule has 2 aliphatic heterocycles. The number of fused-ring (bicyclic) bond motifs is 1. The van der Waals surface area contributed by atoms with E-state index >= 15 is 0 Å². The van der Waals surface area contributed by atoms with Crippen LogP contribution in [0.25, 0.3) is 0 Å². The van der Waals surface area contributed by atoms with Crippen molar-refractivity contribution in [2.45, 2.75) is 34.8 Å². The van der Waals surface area contributed by atoms with Crippen LogP contribution in [0.5, 0.6) is 0 Å². The molecule has 2 aliphatic rings. The third-order valence-corrected chi connectivity index (χ3v) is 9.35. The molecular formula is C23H19Cl3F2N4O5S. The van der Waals surface area contributed by atoms with E-state index in [1.807, 2.05) is 0 Å². The van der Waals surface area contributed by atoms with Gasteiger partial charge in [-0.25, -0.2) is 17.2 Å². The summed E-state index contributed by atoms with van der Waals surface area (Å²) >= 11 is 18.1. The molecule has 202 valence electrons. The maximum absolute atomic E-state index is 14.3. The second kappa shape index (κ2) is 10.6. The number of sulfone groups is 1. The zero-order valence-corrected chi connectivity index (χ0v) is 22.3. The number of halogens is 5. The predicted molar refractivity (Wildman–Crippen MR) is 134 cm³/mol. The number of nitrogens with one attached hydrogen (secondary N) is 1. The zero-order chi connectivity index (χ0) is 28.0. The summed E-state index contributed by atoms with van der Waals surface area (Å²) in [5, 5.41) is 2.65. The van der Waals surface area contributed by atoms with Crippen LogP contribution < -0.4 is 11.1 Å². The molecular weight excluding hydrogens is 589 g/mol. The quantitative estimate of drug-likeness (QED) is 0.496. The predicted octanol–water partition coefficient (Wildman–Crippen LogP) is 2.16. The van der Waals surface area contributed by atoms with Gasteiger partial charge in [-0.1, -0.05) is 46.9 Å². The molecule has 9 nitrogen and oxygen atoms in total. The molecule has 2 aromatic carbocycles. The molecule has 2 saturated heterocycles. The SMILES string of the molecule is NC(=O)C1[C]C(=O)N2C(Cc3ccc(Cl)cc3)C(=O)N(CC(F)F)CC2(S(=O)(=O)c2ccc(Cl)cc2Cl)N1. The fraction of sp³-hybridized carbons (Fsp3) is 0.304. The van der Waals surface area contributed by atoms with E-state index in [9.17, 15) is 31.6 Å². The Morgan fingerprint density at radius 1 is 1.13 bits per heavy atom. The smallest absolute Gasteiger partial charge is 0.255 e. The van der Waals surface area contributed by atoms with Gasteiger partial charge in [0.25, 0.3) is 6.43 Å². The molecule has 3 atom stereocenters. The van der Waals surface area contributed by atoms with Crippen molar-refractivity contribution in [2.24, 2.45) is 5.73 Å². The first-order chi connectivity index (χ1) is 17.8. The fourth-order valence-corrected chi connectivity index (χ4v) is 7.35. The molecule has 0 aromatic heterocycles. The highest BCUT2D eigenvalue weighted by atomic mass is 35.5. The number of carbonyl (C=O) groups excluding carboxylic acids is 3. The zero-order valence-electron chi connectivity index (χ0n) is 19.2. The van der Waals surface area contributed by atoms with Gasteiger partial charge >= 0.3 is 0 Å². The number of nitrogens with two attached hydrogens (primary N) is 1. The van der Waals surface area contributed by atoms with Crippen molar-refractivity contribution in [3.63, 3.8) is 0 Å². The monoisotopic (exact) mass is 606 g/mol. The largest absolute Gasteiger partial charge is 0.368 e. The standard InChI is InChI=1S/C23H19Cl3F2N4O5S/c24-13-3-1-12(2-4-13)7-17-22(35)31(10-19(27)28)11-23(30-16(21(29)34)9-20(33)32(17)23)38(36,37)18-6-5-14(25)8-15(18)26/h1-6,8,16-17,19,30H,7,10-11H2,(H2,29,34).